The summed E-state index contributed by atoms with van der Waals surface area (Å²) in [6.07, 6.45) is 8.66. The van der Waals surface area contributed by atoms with Gasteiger partial charge in [0.15, 0.2) is 5.82 Å². The average Bonchev–Trinajstić information content (AvgIpc) is 3.39. The van der Waals surface area contributed by atoms with Crippen LogP contribution < -0.4 is 10.6 Å². The van der Waals surface area contributed by atoms with Crippen LogP contribution in [0, 0.1) is 0 Å². The summed E-state index contributed by atoms with van der Waals surface area (Å²) in [5.41, 5.74) is 0.820. The van der Waals surface area contributed by atoms with Crippen LogP contribution in [-0.4, -0.2) is 31.7 Å². The molecule has 0 atom stereocenters. The van der Waals surface area contributed by atoms with Gasteiger partial charge in [0.25, 0.3) is 0 Å². The van der Waals surface area contributed by atoms with Crippen LogP contribution in [0.4, 0.5) is 5.82 Å². The fourth-order valence-electron chi connectivity index (χ4n) is 3.52. The first-order chi connectivity index (χ1) is 13.7. The first kappa shape index (κ1) is 18.7. The molecule has 4 rings (SSSR count). The summed E-state index contributed by atoms with van der Waals surface area (Å²) in [4.78, 5) is 21.4. The van der Waals surface area contributed by atoms with Gasteiger partial charge in [-0.3, -0.25) is 9.48 Å². The minimum Gasteiger partial charge on any atom is -0.367 e. The Labute approximate surface area is 168 Å². The fraction of sp³-hybridized carbons (Fsp3) is 0.400. The lowest BCUT2D eigenvalue weighted by atomic mass is 10.2. The van der Waals surface area contributed by atoms with E-state index in [1.165, 1.54) is 12.8 Å². The zero-order valence-corrected chi connectivity index (χ0v) is 16.3. The predicted octanol–water partition coefficient (Wildman–Crippen LogP) is 3.54. The van der Waals surface area contributed by atoms with Crippen molar-refractivity contribution in [3.63, 3.8) is 0 Å². The molecule has 0 bridgehead atoms. The molecular formula is C20H23ClN6O. The number of carbonyl (C=O) groups is 1. The first-order valence-corrected chi connectivity index (χ1v) is 10.0. The Morgan fingerprint density at radius 3 is 2.89 bits per heavy atom. The second-order valence-corrected chi connectivity index (χ2v) is 7.51. The minimum absolute atomic E-state index is 0.0550. The van der Waals surface area contributed by atoms with E-state index >= 15 is 0 Å². The van der Waals surface area contributed by atoms with Crippen molar-refractivity contribution in [3.05, 3.63) is 47.5 Å². The number of hydrogen-bond acceptors (Lipinski definition) is 5. The topological polar surface area (TPSA) is 84.7 Å². The summed E-state index contributed by atoms with van der Waals surface area (Å²) < 4.78 is 1.74. The van der Waals surface area contributed by atoms with E-state index < -0.39 is 0 Å². The number of carbonyl (C=O) groups excluding carboxylic acids is 1. The first-order valence-electron chi connectivity index (χ1n) is 9.64. The van der Waals surface area contributed by atoms with Crippen LogP contribution >= 0.6 is 11.6 Å². The minimum atomic E-state index is -0.0550. The molecule has 8 heteroatoms. The van der Waals surface area contributed by atoms with E-state index in [9.17, 15) is 4.79 Å². The van der Waals surface area contributed by atoms with Crippen molar-refractivity contribution in [2.24, 2.45) is 0 Å². The summed E-state index contributed by atoms with van der Waals surface area (Å²) >= 11 is 6.18. The highest BCUT2D eigenvalue weighted by Gasteiger charge is 2.17. The smallest absolute Gasteiger partial charge is 0.222 e. The number of benzene rings is 1. The van der Waals surface area contributed by atoms with Crippen LogP contribution in [-0.2, 0) is 17.9 Å². The lowest BCUT2D eigenvalue weighted by Crippen LogP contribution is -2.25. The number of anilines is 1. The third-order valence-electron chi connectivity index (χ3n) is 4.97. The molecule has 2 aromatic heterocycles. The quantitative estimate of drug-likeness (QED) is 0.635. The predicted molar refractivity (Wildman–Crippen MR) is 109 cm³/mol. The number of fused-ring (bicyclic) bond motifs is 1. The van der Waals surface area contributed by atoms with Crippen LogP contribution in [0.2, 0.25) is 5.02 Å². The standard InChI is InChI=1S/C20H23ClN6O/c21-14-6-7-17-16(12-14)20(24-15-4-1-2-5-15)26-18(25-17)13-22-19(28)8-11-27-10-3-9-23-27/h3,6-7,9-10,12,15H,1-2,4-5,8,11,13H2,(H,22,28)(H,24,25,26). The number of aromatic nitrogens is 4. The van der Waals surface area contributed by atoms with Crippen molar-refractivity contribution in [1.29, 1.82) is 0 Å². The molecule has 1 aliphatic carbocycles. The van der Waals surface area contributed by atoms with Crippen molar-refractivity contribution in [1.82, 2.24) is 25.1 Å². The molecule has 7 nitrogen and oxygen atoms in total. The second kappa shape index (κ2) is 8.56. The molecule has 28 heavy (non-hydrogen) atoms. The Kier molecular flexibility index (Phi) is 5.71. The second-order valence-electron chi connectivity index (χ2n) is 7.07. The highest BCUT2D eigenvalue weighted by atomic mass is 35.5. The number of aryl methyl sites for hydroxylation is 1. The number of halogens is 1. The van der Waals surface area contributed by atoms with Crippen LogP contribution in [0.1, 0.15) is 37.9 Å². The van der Waals surface area contributed by atoms with Gasteiger partial charge in [0.05, 0.1) is 12.1 Å². The monoisotopic (exact) mass is 398 g/mol. The molecule has 2 heterocycles. The molecule has 0 aliphatic heterocycles. The molecule has 1 amide bonds. The van der Waals surface area contributed by atoms with Crippen LogP contribution in [0.3, 0.4) is 0 Å². The van der Waals surface area contributed by atoms with Crippen LogP contribution in [0.5, 0.6) is 0 Å². The van der Waals surface area contributed by atoms with Gasteiger partial charge in [0, 0.05) is 41.8 Å². The van der Waals surface area contributed by atoms with Gasteiger partial charge in [-0.05, 0) is 37.1 Å². The molecule has 1 aromatic carbocycles. The van der Waals surface area contributed by atoms with Gasteiger partial charge < -0.3 is 10.6 Å². The van der Waals surface area contributed by atoms with Gasteiger partial charge in [0.2, 0.25) is 5.91 Å². The molecule has 1 saturated carbocycles. The maximum atomic E-state index is 12.1. The Bertz CT molecular complexity index is 953. The van der Waals surface area contributed by atoms with Gasteiger partial charge >= 0.3 is 0 Å². The molecule has 1 aliphatic rings. The Morgan fingerprint density at radius 1 is 1.25 bits per heavy atom. The molecule has 2 N–H and O–H groups in total. The van der Waals surface area contributed by atoms with Crippen molar-refractivity contribution in [2.45, 2.75) is 51.2 Å². The zero-order chi connectivity index (χ0) is 19.3. The van der Waals surface area contributed by atoms with E-state index in [1.807, 2.05) is 30.5 Å². The normalized spacial score (nSPS) is 14.5. The highest BCUT2D eigenvalue weighted by Crippen LogP contribution is 2.28. The van der Waals surface area contributed by atoms with E-state index in [0.29, 0.717) is 29.9 Å². The molecule has 1 fully saturated rings. The highest BCUT2D eigenvalue weighted by molar-refractivity contribution is 6.31. The van der Waals surface area contributed by atoms with Crippen molar-refractivity contribution < 1.29 is 4.79 Å². The summed E-state index contributed by atoms with van der Waals surface area (Å²) in [5.74, 6) is 1.32. The summed E-state index contributed by atoms with van der Waals surface area (Å²) in [6, 6.07) is 7.87. The average molecular weight is 399 g/mol. The van der Waals surface area contributed by atoms with Gasteiger partial charge in [-0.25, -0.2) is 9.97 Å². The summed E-state index contributed by atoms with van der Waals surface area (Å²) in [5, 5.41) is 12.1. The summed E-state index contributed by atoms with van der Waals surface area (Å²) in [6.45, 7) is 0.834. The number of nitrogens with one attached hydrogen (secondary N) is 2. The van der Waals surface area contributed by atoms with E-state index in [-0.39, 0.29) is 12.5 Å². The molecule has 146 valence electrons. The third-order valence-corrected chi connectivity index (χ3v) is 5.21. The lowest BCUT2D eigenvalue weighted by Gasteiger charge is -2.16. The van der Waals surface area contributed by atoms with Crippen LogP contribution in [0.15, 0.2) is 36.7 Å². The third kappa shape index (κ3) is 4.59. The Morgan fingerprint density at radius 2 is 2.11 bits per heavy atom. The zero-order valence-electron chi connectivity index (χ0n) is 15.6. The Balaban J connectivity index is 1.46. The van der Waals surface area contributed by atoms with Crippen LogP contribution in [0.25, 0.3) is 10.9 Å². The molecule has 0 saturated heterocycles. The maximum Gasteiger partial charge on any atom is 0.222 e. The number of hydrogen-bond donors (Lipinski definition) is 2. The van der Waals surface area contributed by atoms with Crippen molar-refractivity contribution in [2.75, 3.05) is 5.32 Å². The van der Waals surface area contributed by atoms with Crippen molar-refractivity contribution in [3.8, 4) is 0 Å². The summed E-state index contributed by atoms with van der Waals surface area (Å²) in [7, 11) is 0. The van der Waals surface area contributed by atoms with Gasteiger partial charge in [0.1, 0.15) is 5.82 Å². The van der Waals surface area contributed by atoms with E-state index in [4.69, 9.17) is 11.6 Å². The van der Waals surface area contributed by atoms with Crippen molar-refractivity contribution >= 4 is 34.2 Å². The van der Waals surface area contributed by atoms with E-state index in [0.717, 1.165) is 29.6 Å². The largest absolute Gasteiger partial charge is 0.367 e. The van der Waals surface area contributed by atoms with E-state index in [1.54, 1.807) is 10.9 Å². The fourth-order valence-corrected chi connectivity index (χ4v) is 3.69. The Hall–Kier alpha value is -2.67. The SMILES string of the molecule is O=C(CCn1cccn1)NCc1nc(NC2CCCC2)c2cc(Cl)ccc2n1. The van der Waals surface area contributed by atoms with Gasteiger partial charge in [-0.1, -0.05) is 24.4 Å². The van der Waals surface area contributed by atoms with Gasteiger partial charge in [-0.15, -0.1) is 0 Å². The molecule has 3 aromatic rings. The number of amides is 1. The van der Waals surface area contributed by atoms with Gasteiger partial charge in [-0.2, -0.15) is 5.10 Å². The number of rotatable bonds is 7. The molecule has 0 unspecified atom stereocenters. The molecule has 0 spiro atoms. The van der Waals surface area contributed by atoms with E-state index in [2.05, 4.69) is 25.7 Å². The molecular weight excluding hydrogens is 376 g/mol. The maximum absolute atomic E-state index is 12.1. The molecule has 0 radical (unpaired) electrons. The number of nitrogens with zero attached hydrogens (tertiary/aromatic N) is 4. The lowest BCUT2D eigenvalue weighted by molar-refractivity contribution is -0.121.